The van der Waals surface area contributed by atoms with Crippen molar-refractivity contribution in [1.29, 1.82) is 0 Å². The normalized spacial score (nSPS) is 18.1. The zero-order chi connectivity index (χ0) is 13.8. The molecule has 0 spiro atoms. The Morgan fingerprint density at radius 3 is 3.20 bits per heavy atom. The Labute approximate surface area is 121 Å². The van der Waals surface area contributed by atoms with Crippen LogP contribution in [0.1, 0.15) is 12.0 Å². The Hall–Kier alpha value is -1.72. The van der Waals surface area contributed by atoms with Crippen LogP contribution in [0.15, 0.2) is 35.2 Å². The molecule has 20 heavy (non-hydrogen) atoms. The van der Waals surface area contributed by atoms with Crippen molar-refractivity contribution in [2.75, 3.05) is 13.2 Å². The Balaban J connectivity index is 1.63. The molecule has 5 heteroatoms. The van der Waals surface area contributed by atoms with Crippen molar-refractivity contribution in [2.24, 2.45) is 5.92 Å². The van der Waals surface area contributed by atoms with Crippen LogP contribution >= 0.6 is 11.3 Å². The molecule has 2 aromatic rings. The van der Waals surface area contributed by atoms with Gasteiger partial charge in [0.25, 0.3) is 0 Å². The summed E-state index contributed by atoms with van der Waals surface area (Å²) in [5.74, 6) is 0.0876. The van der Waals surface area contributed by atoms with Gasteiger partial charge in [-0.1, -0.05) is 0 Å². The number of nitrogens with one attached hydrogen (secondary N) is 1. The lowest BCUT2D eigenvalue weighted by molar-refractivity contribution is -0.125. The molecule has 1 saturated heterocycles. The van der Waals surface area contributed by atoms with Crippen molar-refractivity contribution < 1.29 is 9.53 Å². The Morgan fingerprint density at radius 1 is 1.50 bits per heavy atom. The van der Waals surface area contributed by atoms with Gasteiger partial charge in [-0.2, -0.15) is 11.3 Å². The van der Waals surface area contributed by atoms with Gasteiger partial charge in [-0.15, -0.1) is 0 Å². The van der Waals surface area contributed by atoms with E-state index in [9.17, 15) is 4.79 Å². The van der Waals surface area contributed by atoms with Crippen LogP contribution in [-0.2, 0) is 16.1 Å². The van der Waals surface area contributed by atoms with Crippen molar-refractivity contribution in [3.63, 3.8) is 0 Å². The van der Waals surface area contributed by atoms with Crippen LogP contribution in [0, 0.1) is 5.92 Å². The van der Waals surface area contributed by atoms with Gasteiger partial charge in [0.2, 0.25) is 5.91 Å². The molecular formula is C15H16N2O2S. The molecule has 1 atom stereocenters. The van der Waals surface area contributed by atoms with Crippen molar-refractivity contribution in [3.8, 4) is 11.3 Å². The van der Waals surface area contributed by atoms with Gasteiger partial charge in [0, 0.05) is 30.3 Å². The van der Waals surface area contributed by atoms with Gasteiger partial charge < -0.3 is 10.1 Å². The van der Waals surface area contributed by atoms with Gasteiger partial charge in [-0.25, -0.2) is 0 Å². The van der Waals surface area contributed by atoms with Gasteiger partial charge in [0.05, 0.1) is 18.2 Å². The predicted molar refractivity (Wildman–Crippen MR) is 78.3 cm³/mol. The van der Waals surface area contributed by atoms with E-state index in [0.717, 1.165) is 23.2 Å². The van der Waals surface area contributed by atoms with Crippen LogP contribution in [0.5, 0.6) is 0 Å². The second kappa shape index (κ2) is 6.15. The summed E-state index contributed by atoms with van der Waals surface area (Å²) in [6.45, 7) is 1.77. The number of nitrogens with zero attached hydrogens (tertiary/aromatic N) is 1. The third kappa shape index (κ3) is 3.05. The van der Waals surface area contributed by atoms with Crippen LogP contribution in [0.25, 0.3) is 11.3 Å². The molecule has 1 N–H and O–H groups in total. The molecule has 0 aromatic carbocycles. The number of hydrogen-bond acceptors (Lipinski definition) is 4. The lowest BCUT2D eigenvalue weighted by Gasteiger charge is -2.09. The Kier molecular flexibility index (Phi) is 4.08. The quantitative estimate of drug-likeness (QED) is 0.940. The number of carbonyl (C=O) groups excluding carboxylic acids is 1. The lowest BCUT2D eigenvalue weighted by Crippen LogP contribution is -2.30. The second-order valence-electron chi connectivity index (χ2n) is 4.84. The number of hydrogen-bond donors (Lipinski definition) is 1. The molecule has 1 unspecified atom stereocenters. The maximum Gasteiger partial charge on any atom is 0.225 e. The molecular weight excluding hydrogens is 272 g/mol. The predicted octanol–water partition coefficient (Wildman–Crippen LogP) is 2.46. The standard InChI is InChI=1S/C15H16N2O2S/c18-15(12-2-5-19-9-12)17-8-11-1-4-16-14(7-11)13-3-6-20-10-13/h1,3-4,6-7,10,12H,2,5,8-9H2,(H,17,18). The highest BCUT2D eigenvalue weighted by Crippen LogP contribution is 2.20. The maximum absolute atomic E-state index is 11.9. The third-order valence-electron chi connectivity index (χ3n) is 3.41. The third-order valence-corrected chi connectivity index (χ3v) is 4.09. The zero-order valence-corrected chi connectivity index (χ0v) is 11.9. The molecule has 1 amide bonds. The van der Waals surface area contributed by atoms with Crippen LogP contribution in [-0.4, -0.2) is 24.1 Å². The zero-order valence-electron chi connectivity index (χ0n) is 11.0. The smallest absolute Gasteiger partial charge is 0.225 e. The molecule has 1 fully saturated rings. The minimum atomic E-state index is 0.00758. The van der Waals surface area contributed by atoms with Crippen LogP contribution in [0.3, 0.4) is 0 Å². The first kappa shape index (κ1) is 13.3. The van der Waals surface area contributed by atoms with E-state index in [0.29, 0.717) is 19.8 Å². The Bertz CT molecular complexity index is 577. The summed E-state index contributed by atoms with van der Waals surface area (Å²) < 4.78 is 5.23. The van der Waals surface area contributed by atoms with Gasteiger partial charge in [0.1, 0.15) is 0 Å². The summed E-state index contributed by atoms with van der Waals surface area (Å²) in [5.41, 5.74) is 3.13. The number of ether oxygens (including phenoxy) is 1. The molecule has 1 aliphatic rings. The van der Waals surface area contributed by atoms with E-state index in [1.807, 2.05) is 23.6 Å². The van der Waals surface area contributed by atoms with Gasteiger partial charge in [-0.3, -0.25) is 9.78 Å². The summed E-state index contributed by atoms with van der Waals surface area (Å²) in [4.78, 5) is 16.3. The number of rotatable bonds is 4. The highest BCUT2D eigenvalue weighted by atomic mass is 32.1. The summed E-state index contributed by atoms with van der Waals surface area (Å²) in [5, 5.41) is 7.07. The molecule has 0 saturated carbocycles. The average molecular weight is 288 g/mol. The molecule has 1 aliphatic heterocycles. The van der Waals surface area contributed by atoms with Crippen LogP contribution < -0.4 is 5.32 Å². The first-order chi connectivity index (χ1) is 9.83. The van der Waals surface area contributed by atoms with Crippen LogP contribution in [0.4, 0.5) is 0 Å². The van der Waals surface area contributed by atoms with Gasteiger partial charge in [0.15, 0.2) is 0 Å². The molecule has 2 aromatic heterocycles. The fourth-order valence-corrected chi connectivity index (χ4v) is 2.88. The summed E-state index contributed by atoms with van der Waals surface area (Å²) in [6.07, 6.45) is 2.61. The van der Waals surface area contributed by atoms with Crippen LogP contribution in [0.2, 0.25) is 0 Å². The van der Waals surface area contributed by atoms with E-state index in [4.69, 9.17) is 4.74 Å². The maximum atomic E-state index is 11.9. The topological polar surface area (TPSA) is 51.2 Å². The summed E-state index contributed by atoms with van der Waals surface area (Å²) in [6, 6.07) is 6.00. The number of pyridine rings is 1. The average Bonchev–Trinajstić information content (AvgIpc) is 3.17. The number of amides is 1. The van der Waals surface area contributed by atoms with Crippen molar-refractivity contribution in [3.05, 3.63) is 40.7 Å². The Morgan fingerprint density at radius 2 is 2.45 bits per heavy atom. The van der Waals surface area contributed by atoms with Crippen molar-refractivity contribution in [2.45, 2.75) is 13.0 Å². The fraction of sp³-hybridized carbons (Fsp3) is 0.333. The molecule has 104 valence electrons. The number of carbonyl (C=O) groups is 1. The largest absolute Gasteiger partial charge is 0.381 e. The first-order valence-corrected chi connectivity index (χ1v) is 7.60. The SMILES string of the molecule is O=C(NCc1ccnc(-c2ccsc2)c1)C1CCOC1. The minimum Gasteiger partial charge on any atom is -0.381 e. The molecule has 3 heterocycles. The first-order valence-electron chi connectivity index (χ1n) is 6.66. The molecule has 0 bridgehead atoms. The molecule has 0 aliphatic carbocycles. The van der Waals surface area contributed by atoms with Crippen molar-refractivity contribution >= 4 is 17.2 Å². The highest BCUT2D eigenvalue weighted by molar-refractivity contribution is 7.08. The van der Waals surface area contributed by atoms with E-state index >= 15 is 0 Å². The summed E-state index contributed by atoms with van der Waals surface area (Å²) >= 11 is 1.65. The number of aromatic nitrogens is 1. The summed E-state index contributed by atoms with van der Waals surface area (Å²) in [7, 11) is 0. The fourth-order valence-electron chi connectivity index (χ4n) is 2.23. The van der Waals surface area contributed by atoms with E-state index in [-0.39, 0.29) is 11.8 Å². The van der Waals surface area contributed by atoms with E-state index in [1.165, 1.54) is 0 Å². The highest BCUT2D eigenvalue weighted by Gasteiger charge is 2.22. The van der Waals surface area contributed by atoms with Gasteiger partial charge >= 0.3 is 0 Å². The lowest BCUT2D eigenvalue weighted by atomic mass is 10.1. The minimum absolute atomic E-state index is 0.00758. The van der Waals surface area contributed by atoms with E-state index in [2.05, 4.69) is 15.7 Å². The van der Waals surface area contributed by atoms with Crippen molar-refractivity contribution in [1.82, 2.24) is 10.3 Å². The van der Waals surface area contributed by atoms with E-state index < -0.39 is 0 Å². The molecule has 0 radical (unpaired) electrons. The molecule has 3 rings (SSSR count). The van der Waals surface area contributed by atoms with E-state index in [1.54, 1.807) is 17.5 Å². The second-order valence-corrected chi connectivity index (χ2v) is 5.62. The monoisotopic (exact) mass is 288 g/mol. The number of thiophene rings is 1. The molecule has 4 nitrogen and oxygen atoms in total. The van der Waals surface area contributed by atoms with Gasteiger partial charge in [-0.05, 0) is 35.6 Å².